The zero-order chi connectivity index (χ0) is 27.9. The van der Waals surface area contributed by atoms with Gasteiger partial charge in [0, 0.05) is 28.1 Å². The van der Waals surface area contributed by atoms with E-state index < -0.39 is 5.97 Å². The number of rotatable bonds is 11. The third-order valence-corrected chi connectivity index (χ3v) is 8.37. The van der Waals surface area contributed by atoms with Crippen LogP contribution in [0.1, 0.15) is 77.1 Å². The summed E-state index contributed by atoms with van der Waals surface area (Å²) in [5.74, 6) is -1.22. The Kier molecular flexibility index (Phi) is 9.63. The van der Waals surface area contributed by atoms with Gasteiger partial charge in [-0.15, -0.1) is 11.3 Å². The summed E-state index contributed by atoms with van der Waals surface area (Å²) in [5, 5.41) is 25.5. The molecule has 0 spiro atoms. The van der Waals surface area contributed by atoms with Gasteiger partial charge in [-0.2, -0.15) is 5.26 Å². The molecule has 2 N–H and O–H groups in total. The quantitative estimate of drug-likeness (QED) is 0.187. The van der Waals surface area contributed by atoms with Gasteiger partial charge >= 0.3 is 5.97 Å². The van der Waals surface area contributed by atoms with Crippen molar-refractivity contribution in [2.75, 3.05) is 6.54 Å². The summed E-state index contributed by atoms with van der Waals surface area (Å²) < 4.78 is 0.915. The highest BCUT2D eigenvalue weighted by atomic mass is 35.5. The number of nitrogens with one attached hydrogen (secondary N) is 1. The highest BCUT2D eigenvalue weighted by Crippen LogP contribution is 2.46. The fraction of sp³-hybridized carbons (Fsp3) is 0.258. The SMILES string of the molecule is CCCCC(c1ccc(C(=O)NCCC(=O)O)cc1)C(c1ccc(Cl)cc1)c1csc2c(C#N)cc(Cl)cc12. The van der Waals surface area contributed by atoms with E-state index in [1.54, 1.807) is 29.5 Å². The number of aliphatic carboxylic acids is 1. The number of halogens is 2. The molecule has 2 unspecified atom stereocenters. The molecule has 0 aliphatic carbocycles. The third-order valence-electron chi connectivity index (χ3n) is 6.85. The molecule has 8 heteroatoms. The van der Waals surface area contributed by atoms with E-state index in [1.165, 1.54) is 0 Å². The van der Waals surface area contributed by atoms with Gasteiger partial charge in [-0.05, 0) is 76.2 Å². The minimum atomic E-state index is -0.957. The van der Waals surface area contributed by atoms with Crippen LogP contribution in [0.5, 0.6) is 0 Å². The molecular weight excluding hydrogens is 551 g/mol. The molecule has 4 aromatic rings. The molecule has 0 fully saturated rings. The predicted molar refractivity (Wildman–Crippen MR) is 158 cm³/mol. The molecule has 0 aliphatic heterocycles. The predicted octanol–water partition coefficient (Wildman–Crippen LogP) is 8.39. The molecule has 0 saturated heterocycles. The Morgan fingerprint density at radius 3 is 2.36 bits per heavy atom. The van der Waals surface area contributed by atoms with E-state index in [0.29, 0.717) is 21.2 Å². The van der Waals surface area contributed by atoms with E-state index in [-0.39, 0.29) is 30.7 Å². The molecule has 1 heterocycles. The first kappa shape index (κ1) is 28.6. The van der Waals surface area contributed by atoms with Gasteiger partial charge in [0.2, 0.25) is 0 Å². The molecule has 1 amide bonds. The Morgan fingerprint density at radius 2 is 1.72 bits per heavy atom. The van der Waals surface area contributed by atoms with Crippen molar-refractivity contribution in [1.82, 2.24) is 5.32 Å². The van der Waals surface area contributed by atoms with Crippen LogP contribution in [0.2, 0.25) is 10.0 Å². The molecule has 200 valence electrons. The summed E-state index contributed by atoms with van der Waals surface area (Å²) >= 11 is 14.3. The Balaban J connectivity index is 1.79. The number of hydrogen-bond acceptors (Lipinski definition) is 4. The van der Waals surface area contributed by atoms with Crippen LogP contribution in [0.4, 0.5) is 0 Å². The number of benzene rings is 3. The second-order valence-corrected chi connectivity index (χ2v) is 11.2. The number of carbonyl (C=O) groups excluding carboxylic acids is 1. The highest BCUT2D eigenvalue weighted by molar-refractivity contribution is 7.17. The van der Waals surface area contributed by atoms with E-state index in [9.17, 15) is 14.9 Å². The Labute approximate surface area is 242 Å². The second-order valence-electron chi connectivity index (χ2n) is 9.43. The lowest BCUT2D eigenvalue weighted by molar-refractivity contribution is -0.136. The molecule has 0 saturated carbocycles. The number of hydrogen-bond donors (Lipinski definition) is 2. The number of carbonyl (C=O) groups is 2. The zero-order valence-corrected chi connectivity index (χ0v) is 23.7. The van der Waals surface area contributed by atoms with Crippen LogP contribution in [0, 0.1) is 11.3 Å². The molecule has 2 atom stereocenters. The summed E-state index contributed by atoms with van der Waals surface area (Å²) in [7, 11) is 0. The standard InChI is InChI=1S/C31H28Cl2N2O3S/c1-2-3-4-25(19-5-7-21(8-6-19)31(38)35-14-13-28(36)37)29(20-9-11-23(32)12-10-20)27-18-39-30-22(17-34)15-24(33)16-26(27)30/h5-12,15-16,18,25,29H,2-4,13-14H2,1H3,(H,35,38)(H,36,37). The van der Waals surface area contributed by atoms with Crippen molar-refractivity contribution in [2.45, 2.75) is 44.4 Å². The Morgan fingerprint density at radius 1 is 1.03 bits per heavy atom. The van der Waals surface area contributed by atoms with Crippen LogP contribution in [0.15, 0.2) is 66.0 Å². The number of carboxylic acids is 1. The minimum absolute atomic E-state index is 0.0391. The van der Waals surface area contributed by atoms with Crippen LogP contribution in [-0.2, 0) is 4.79 Å². The van der Waals surface area contributed by atoms with Crippen molar-refractivity contribution in [3.8, 4) is 6.07 Å². The number of nitrogens with zero attached hydrogens (tertiary/aromatic N) is 1. The zero-order valence-electron chi connectivity index (χ0n) is 21.4. The van der Waals surface area contributed by atoms with Gasteiger partial charge in [-0.3, -0.25) is 9.59 Å². The van der Waals surface area contributed by atoms with Gasteiger partial charge in [0.25, 0.3) is 5.91 Å². The van der Waals surface area contributed by atoms with Gasteiger partial charge in [-0.25, -0.2) is 0 Å². The van der Waals surface area contributed by atoms with Crippen LogP contribution >= 0.6 is 34.5 Å². The average Bonchev–Trinajstić information content (AvgIpc) is 3.34. The maximum atomic E-state index is 12.5. The summed E-state index contributed by atoms with van der Waals surface area (Å²) in [4.78, 5) is 23.3. The van der Waals surface area contributed by atoms with Gasteiger partial charge in [-0.1, -0.05) is 67.2 Å². The lowest BCUT2D eigenvalue weighted by Gasteiger charge is -2.29. The Hall–Kier alpha value is -3.37. The largest absolute Gasteiger partial charge is 0.481 e. The first-order chi connectivity index (χ1) is 18.8. The molecule has 0 bridgehead atoms. The van der Waals surface area contributed by atoms with E-state index in [0.717, 1.165) is 46.0 Å². The van der Waals surface area contributed by atoms with Crippen molar-refractivity contribution in [3.63, 3.8) is 0 Å². The molecule has 3 aromatic carbocycles. The molecule has 1 aromatic heterocycles. The minimum Gasteiger partial charge on any atom is -0.481 e. The van der Waals surface area contributed by atoms with Crippen LogP contribution in [0.3, 0.4) is 0 Å². The van der Waals surface area contributed by atoms with Gasteiger partial charge in [0.05, 0.1) is 16.7 Å². The van der Waals surface area contributed by atoms with E-state index >= 15 is 0 Å². The van der Waals surface area contributed by atoms with Crippen molar-refractivity contribution in [2.24, 2.45) is 0 Å². The van der Waals surface area contributed by atoms with Gasteiger partial charge in [0.1, 0.15) is 6.07 Å². The molecular formula is C31H28Cl2N2O3S. The van der Waals surface area contributed by atoms with Gasteiger partial charge in [0.15, 0.2) is 0 Å². The molecule has 5 nitrogen and oxygen atoms in total. The van der Waals surface area contributed by atoms with E-state index in [4.69, 9.17) is 28.3 Å². The monoisotopic (exact) mass is 578 g/mol. The van der Waals surface area contributed by atoms with Crippen molar-refractivity contribution in [3.05, 3.63) is 104 Å². The third kappa shape index (κ3) is 6.80. The van der Waals surface area contributed by atoms with Crippen molar-refractivity contribution >= 4 is 56.5 Å². The van der Waals surface area contributed by atoms with E-state index in [2.05, 4.69) is 35.8 Å². The number of carboxylic acid groups (broad SMARTS) is 1. The highest BCUT2D eigenvalue weighted by Gasteiger charge is 2.29. The average molecular weight is 580 g/mol. The number of thiophene rings is 1. The van der Waals surface area contributed by atoms with Crippen LogP contribution < -0.4 is 5.32 Å². The lowest BCUT2D eigenvalue weighted by Crippen LogP contribution is -2.26. The topological polar surface area (TPSA) is 90.2 Å². The second kappa shape index (κ2) is 13.1. The first-order valence-corrected chi connectivity index (χ1v) is 14.4. The number of unbranched alkanes of at least 4 members (excludes halogenated alkanes) is 1. The summed E-state index contributed by atoms with van der Waals surface area (Å²) in [6.07, 6.45) is 2.83. The maximum Gasteiger partial charge on any atom is 0.305 e. The first-order valence-electron chi connectivity index (χ1n) is 12.8. The number of nitriles is 1. The smallest absolute Gasteiger partial charge is 0.305 e. The summed E-state index contributed by atoms with van der Waals surface area (Å²) in [6.45, 7) is 2.24. The fourth-order valence-corrected chi connectivity index (χ4v) is 6.36. The fourth-order valence-electron chi connectivity index (χ4n) is 4.96. The summed E-state index contributed by atoms with van der Waals surface area (Å²) in [5.41, 5.74) is 4.34. The number of fused-ring (bicyclic) bond motifs is 1. The molecule has 0 aliphatic rings. The van der Waals surface area contributed by atoms with Crippen LogP contribution in [-0.4, -0.2) is 23.5 Å². The molecule has 39 heavy (non-hydrogen) atoms. The Bertz CT molecular complexity index is 1510. The maximum absolute atomic E-state index is 12.5. The van der Waals surface area contributed by atoms with E-state index in [1.807, 2.05) is 30.3 Å². The van der Waals surface area contributed by atoms with Gasteiger partial charge < -0.3 is 10.4 Å². The molecule has 0 radical (unpaired) electrons. The van der Waals surface area contributed by atoms with Crippen molar-refractivity contribution < 1.29 is 14.7 Å². The van der Waals surface area contributed by atoms with Crippen molar-refractivity contribution in [1.29, 1.82) is 5.26 Å². The normalized spacial score (nSPS) is 12.6. The lowest BCUT2D eigenvalue weighted by atomic mass is 9.74. The van der Waals surface area contributed by atoms with Crippen LogP contribution in [0.25, 0.3) is 10.1 Å². The molecule has 4 rings (SSSR count). The number of amides is 1. The summed E-state index contributed by atoms with van der Waals surface area (Å²) in [6, 6.07) is 21.4.